The van der Waals surface area contributed by atoms with Crippen molar-refractivity contribution in [2.75, 3.05) is 5.73 Å². The van der Waals surface area contributed by atoms with Gasteiger partial charge in [-0.2, -0.15) is 10.4 Å². The molecule has 1 aromatic heterocycles. The first-order valence-electron chi connectivity index (χ1n) is 6.86. The third-order valence-corrected chi connectivity index (χ3v) is 3.51. The van der Waals surface area contributed by atoms with E-state index < -0.39 is 0 Å². The summed E-state index contributed by atoms with van der Waals surface area (Å²) in [6.07, 6.45) is 0. The maximum Gasteiger partial charge on any atom is 0.235 e. The van der Waals surface area contributed by atoms with Gasteiger partial charge in [-0.25, -0.2) is 4.68 Å². The molecule has 0 bridgehead atoms. The Morgan fingerprint density at radius 2 is 2.00 bits per heavy atom. The van der Waals surface area contributed by atoms with Gasteiger partial charge in [-0.05, 0) is 43.0 Å². The number of hydrogen-bond acceptors (Lipinski definition) is 4. The van der Waals surface area contributed by atoms with Crippen LogP contribution in [-0.4, -0.2) is 9.78 Å². The normalized spacial score (nSPS) is 10.7. The summed E-state index contributed by atoms with van der Waals surface area (Å²) in [7, 11) is 1.77. The third kappa shape index (κ3) is 2.70. The number of anilines is 1. The van der Waals surface area contributed by atoms with Crippen LogP contribution in [0.25, 0.3) is 0 Å². The second kappa shape index (κ2) is 5.49. The van der Waals surface area contributed by atoms with Gasteiger partial charge in [0.2, 0.25) is 5.88 Å². The molecule has 110 valence electrons. The molecule has 0 aliphatic carbocycles. The van der Waals surface area contributed by atoms with Crippen molar-refractivity contribution in [1.29, 1.82) is 5.26 Å². The Labute approximate surface area is 124 Å². The number of aryl methyl sites for hydroxylation is 3. The number of nitrogen functional groups attached to an aromatic ring is 1. The molecule has 2 rings (SSSR count). The molecule has 0 fully saturated rings. The molecule has 21 heavy (non-hydrogen) atoms. The summed E-state index contributed by atoms with van der Waals surface area (Å²) >= 11 is 0. The van der Waals surface area contributed by atoms with E-state index in [2.05, 4.69) is 25.0 Å². The molecule has 1 heterocycles. The zero-order valence-electron chi connectivity index (χ0n) is 13.1. The number of nitriles is 1. The van der Waals surface area contributed by atoms with E-state index in [1.54, 1.807) is 18.7 Å². The highest BCUT2D eigenvalue weighted by atomic mass is 16.5. The minimum atomic E-state index is 0.266. The number of nitrogens with two attached hydrogens (primary N) is 1. The number of rotatable bonds is 3. The number of nitrogens with zero attached hydrogens (tertiary/aromatic N) is 3. The monoisotopic (exact) mass is 284 g/mol. The van der Waals surface area contributed by atoms with Gasteiger partial charge in [0.05, 0.1) is 5.69 Å². The molecule has 0 atom stereocenters. The number of aromatic nitrogens is 2. The van der Waals surface area contributed by atoms with Gasteiger partial charge in [-0.3, -0.25) is 0 Å². The summed E-state index contributed by atoms with van der Waals surface area (Å²) < 4.78 is 7.59. The average Bonchev–Trinajstić information content (AvgIpc) is 2.67. The molecule has 0 aliphatic heterocycles. The molecule has 5 heteroatoms. The smallest absolute Gasteiger partial charge is 0.235 e. The van der Waals surface area contributed by atoms with Gasteiger partial charge < -0.3 is 10.5 Å². The standard InChI is InChI=1S/C16H20N4O/c1-9(2)12-7-14(18)10(3)6-15(12)21-16-13(8-17)11(4)19-20(16)5/h6-7,9H,18H2,1-5H3. The Bertz CT molecular complexity index is 723. The predicted molar refractivity (Wildman–Crippen MR) is 82.4 cm³/mol. The molecule has 0 radical (unpaired) electrons. The molecule has 2 aromatic rings. The van der Waals surface area contributed by atoms with Gasteiger partial charge in [0.25, 0.3) is 0 Å². The lowest BCUT2D eigenvalue weighted by Crippen LogP contribution is -2.02. The Morgan fingerprint density at radius 3 is 2.57 bits per heavy atom. The summed E-state index contributed by atoms with van der Waals surface area (Å²) in [6.45, 7) is 7.89. The molecule has 0 amide bonds. The SMILES string of the molecule is Cc1cc(Oc2c(C#N)c(C)nn2C)c(C(C)C)cc1N. The molecule has 1 aromatic carbocycles. The lowest BCUT2D eigenvalue weighted by atomic mass is 9.99. The van der Waals surface area contributed by atoms with Crippen molar-refractivity contribution in [3.8, 4) is 17.7 Å². The van der Waals surface area contributed by atoms with Gasteiger partial charge in [0.1, 0.15) is 17.4 Å². The molecule has 0 aliphatic rings. The first-order chi connectivity index (χ1) is 9.85. The average molecular weight is 284 g/mol. The summed E-state index contributed by atoms with van der Waals surface area (Å²) in [4.78, 5) is 0. The molecular formula is C16H20N4O. The second-order valence-electron chi connectivity index (χ2n) is 5.50. The zero-order chi connectivity index (χ0) is 15.7. The van der Waals surface area contributed by atoms with Crippen molar-refractivity contribution in [1.82, 2.24) is 9.78 Å². The third-order valence-electron chi connectivity index (χ3n) is 3.51. The first kappa shape index (κ1) is 14.9. The van der Waals surface area contributed by atoms with Crippen LogP contribution >= 0.6 is 0 Å². The minimum Gasteiger partial charge on any atom is -0.438 e. The van der Waals surface area contributed by atoms with E-state index in [1.807, 2.05) is 19.1 Å². The van der Waals surface area contributed by atoms with Gasteiger partial charge >= 0.3 is 0 Å². The molecular weight excluding hydrogens is 264 g/mol. The fourth-order valence-corrected chi connectivity index (χ4v) is 2.24. The fraction of sp³-hybridized carbons (Fsp3) is 0.375. The molecule has 0 saturated carbocycles. The highest BCUT2D eigenvalue weighted by Gasteiger charge is 2.18. The summed E-state index contributed by atoms with van der Waals surface area (Å²) in [5.41, 5.74) is 9.81. The quantitative estimate of drug-likeness (QED) is 0.876. The number of ether oxygens (including phenoxy) is 1. The van der Waals surface area contributed by atoms with Crippen molar-refractivity contribution in [3.63, 3.8) is 0 Å². The first-order valence-corrected chi connectivity index (χ1v) is 6.86. The van der Waals surface area contributed by atoms with E-state index in [-0.39, 0.29) is 5.92 Å². The van der Waals surface area contributed by atoms with Crippen LogP contribution in [0.3, 0.4) is 0 Å². The van der Waals surface area contributed by atoms with Gasteiger partial charge in [-0.1, -0.05) is 13.8 Å². The van der Waals surface area contributed by atoms with E-state index in [0.717, 1.165) is 22.6 Å². The predicted octanol–water partition coefficient (Wildman–Crippen LogP) is 3.41. The summed E-state index contributed by atoms with van der Waals surface area (Å²) in [5, 5.41) is 13.5. The summed E-state index contributed by atoms with van der Waals surface area (Å²) in [6, 6.07) is 5.99. The number of benzene rings is 1. The van der Waals surface area contributed by atoms with E-state index in [1.165, 1.54) is 0 Å². The zero-order valence-corrected chi connectivity index (χ0v) is 13.1. The van der Waals surface area contributed by atoms with Gasteiger partial charge in [-0.15, -0.1) is 0 Å². The van der Waals surface area contributed by atoms with E-state index >= 15 is 0 Å². The van der Waals surface area contributed by atoms with Crippen LogP contribution in [0, 0.1) is 25.2 Å². The second-order valence-corrected chi connectivity index (χ2v) is 5.50. The fourth-order valence-electron chi connectivity index (χ4n) is 2.24. The molecule has 0 unspecified atom stereocenters. The summed E-state index contributed by atoms with van der Waals surface area (Å²) in [5.74, 6) is 1.44. The van der Waals surface area contributed by atoms with Crippen LogP contribution in [0.4, 0.5) is 5.69 Å². The van der Waals surface area contributed by atoms with Crippen LogP contribution in [0.1, 0.15) is 42.1 Å². The van der Waals surface area contributed by atoms with E-state index in [9.17, 15) is 5.26 Å². The van der Waals surface area contributed by atoms with Gasteiger partial charge in [0.15, 0.2) is 0 Å². The van der Waals surface area contributed by atoms with Gasteiger partial charge in [0, 0.05) is 12.7 Å². The molecule has 5 nitrogen and oxygen atoms in total. The Kier molecular flexibility index (Phi) is 3.90. The largest absolute Gasteiger partial charge is 0.438 e. The van der Waals surface area contributed by atoms with Crippen LogP contribution in [-0.2, 0) is 7.05 Å². The maximum absolute atomic E-state index is 9.26. The van der Waals surface area contributed by atoms with Crippen molar-refractivity contribution in [3.05, 3.63) is 34.5 Å². The van der Waals surface area contributed by atoms with Crippen LogP contribution in [0.5, 0.6) is 11.6 Å². The minimum absolute atomic E-state index is 0.266. The van der Waals surface area contributed by atoms with E-state index in [4.69, 9.17) is 10.5 Å². The molecule has 0 spiro atoms. The lowest BCUT2D eigenvalue weighted by molar-refractivity contribution is 0.422. The van der Waals surface area contributed by atoms with Crippen molar-refractivity contribution >= 4 is 5.69 Å². The van der Waals surface area contributed by atoms with Crippen LogP contribution < -0.4 is 10.5 Å². The van der Waals surface area contributed by atoms with E-state index in [0.29, 0.717) is 17.1 Å². The van der Waals surface area contributed by atoms with Crippen LogP contribution in [0.2, 0.25) is 0 Å². The Hall–Kier alpha value is -2.48. The Balaban J connectivity index is 2.55. The number of hydrogen-bond donors (Lipinski definition) is 1. The highest BCUT2D eigenvalue weighted by Crippen LogP contribution is 2.35. The van der Waals surface area contributed by atoms with Crippen LogP contribution in [0.15, 0.2) is 12.1 Å². The molecule has 0 saturated heterocycles. The van der Waals surface area contributed by atoms with Crippen molar-refractivity contribution in [2.24, 2.45) is 7.05 Å². The van der Waals surface area contributed by atoms with Crippen molar-refractivity contribution < 1.29 is 4.74 Å². The van der Waals surface area contributed by atoms with Crippen molar-refractivity contribution in [2.45, 2.75) is 33.6 Å². The Morgan fingerprint density at radius 1 is 1.33 bits per heavy atom. The maximum atomic E-state index is 9.26. The lowest BCUT2D eigenvalue weighted by Gasteiger charge is -2.16. The highest BCUT2D eigenvalue weighted by molar-refractivity contribution is 5.56. The molecule has 2 N–H and O–H groups in total. The topological polar surface area (TPSA) is 76.9 Å².